The van der Waals surface area contributed by atoms with E-state index in [1.165, 1.54) is 5.56 Å². The number of hydrogen-bond acceptors (Lipinski definition) is 1. The molecule has 0 radical (unpaired) electrons. The van der Waals surface area contributed by atoms with Gasteiger partial charge in [0.25, 0.3) is 0 Å². The highest BCUT2D eigenvalue weighted by atomic mass is 35.5. The van der Waals surface area contributed by atoms with E-state index in [1.807, 2.05) is 24.3 Å². The molecule has 0 atom stereocenters. The summed E-state index contributed by atoms with van der Waals surface area (Å²) in [6.45, 7) is 2.07. The zero-order valence-electron chi connectivity index (χ0n) is 9.68. The van der Waals surface area contributed by atoms with Gasteiger partial charge in [0, 0.05) is 23.2 Å². The van der Waals surface area contributed by atoms with Crippen molar-refractivity contribution in [3.05, 3.63) is 35.4 Å². The van der Waals surface area contributed by atoms with Crippen molar-refractivity contribution in [3.63, 3.8) is 0 Å². The zero-order chi connectivity index (χ0) is 12.9. The third kappa shape index (κ3) is 3.15. The number of aryl methyl sites for hydroxylation is 1. The highest BCUT2D eigenvalue weighted by Crippen LogP contribution is 2.28. The van der Waals surface area contributed by atoms with Gasteiger partial charge in [0.15, 0.2) is 5.78 Å². The number of ketones is 1. The van der Waals surface area contributed by atoms with Crippen molar-refractivity contribution in [1.29, 1.82) is 0 Å². The zero-order valence-corrected chi connectivity index (χ0v) is 11.9. The van der Waals surface area contributed by atoms with Crippen LogP contribution in [-0.2, 0) is 6.42 Å². The van der Waals surface area contributed by atoms with Gasteiger partial charge in [-0.25, -0.2) is 0 Å². The standard InChI is InChI=1S/C13H15Cl3O/c1-2-10-3-5-11(6-4-10)12(17)13(7-14,8-15)9-16/h3-6H,2,7-9H2,1H3. The Bertz CT molecular complexity index is 360. The molecule has 1 nitrogen and oxygen atoms in total. The van der Waals surface area contributed by atoms with Crippen LogP contribution in [0.25, 0.3) is 0 Å². The number of halogens is 3. The monoisotopic (exact) mass is 292 g/mol. The number of alkyl halides is 3. The summed E-state index contributed by atoms with van der Waals surface area (Å²) in [5.74, 6) is 0.317. The second kappa shape index (κ2) is 6.63. The molecule has 0 aliphatic heterocycles. The van der Waals surface area contributed by atoms with E-state index in [0.29, 0.717) is 5.56 Å². The number of benzene rings is 1. The predicted octanol–water partition coefficient (Wildman–Crippen LogP) is 4.13. The van der Waals surface area contributed by atoms with E-state index in [2.05, 4.69) is 6.92 Å². The largest absolute Gasteiger partial charge is 0.293 e. The molecule has 0 bridgehead atoms. The quantitative estimate of drug-likeness (QED) is 0.569. The van der Waals surface area contributed by atoms with Crippen LogP contribution in [0.1, 0.15) is 22.8 Å². The summed E-state index contributed by atoms with van der Waals surface area (Å²) in [5.41, 5.74) is 0.942. The summed E-state index contributed by atoms with van der Waals surface area (Å²) in [5, 5.41) is 0. The lowest BCUT2D eigenvalue weighted by atomic mass is 9.85. The van der Waals surface area contributed by atoms with Gasteiger partial charge in [-0.05, 0) is 12.0 Å². The summed E-state index contributed by atoms with van der Waals surface area (Å²) >= 11 is 17.5. The Morgan fingerprint density at radius 1 is 1.06 bits per heavy atom. The van der Waals surface area contributed by atoms with E-state index in [4.69, 9.17) is 34.8 Å². The van der Waals surface area contributed by atoms with Gasteiger partial charge in [-0.3, -0.25) is 4.79 Å². The van der Waals surface area contributed by atoms with Gasteiger partial charge >= 0.3 is 0 Å². The third-order valence-electron chi connectivity index (χ3n) is 2.87. The molecule has 94 valence electrons. The molecule has 1 rings (SSSR count). The smallest absolute Gasteiger partial charge is 0.172 e. The van der Waals surface area contributed by atoms with Crippen LogP contribution >= 0.6 is 34.8 Å². The molecule has 0 unspecified atom stereocenters. The topological polar surface area (TPSA) is 17.1 Å². The summed E-state index contributed by atoms with van der Waals surface area (Å²) in [4.78, 5) is 12.3. The normalized spacial score (nSPS) is 11.5. The lowest BCUT2D eigenvalue weighted by molar-refractivity contribution is 0.0869. The molecule has 0 saturated carbocycles. The van der Waals surface area contributed by atoms with Crippen LogP contribution in [0.3, 0.4) is 0 Å². The van der Waals surface area contributed by atoms with Crippen LogP contribution < -0.4 is 0 Å². The van der Waals surface area contributed by atoms with Crippen LogP contribution in [0.15, 0.2) is 24.3 Å². The first-order chi connectivity index (χ1) is 8.13. The van der Waals surface area contributed by atoms with Gasteiger partial charge in [0.2, 0.25) is 0 Å². The third-order valence-corrected chi connectivity index (χ3v) is 4.41. The number of Topliss-reactive ketones (excluding diaryl/α,β-unsaturated/α-hetero) is 1. The second-order valence-corrected chi connectivity index (χ2v) is 4.86. The molecular weight excluding hydrogens is 279 g/mol. The van der Waals surface area contributed by atoms with Crippen molar-refractivity contribution in [2.75, 3.05) is 17.6 Å². The first kappa shape index (κ1) is 14.8. The number of carbonyl (C=O) groups is 1. The van der Waals surface area contributed by atoms with E-state index < -0.39 is 5.41 Å². The molecule has 17 heavy (non-hydrogen) atoms. The minimum atomic E-state index is -0.863. The molecule has 0 heterocycles. The first-order valence-electron chi connectivity index (χ1n) is 5.45. The van der Waals surface area contributed by atoms with Gasteiger partial charge in [-0.15, -0.1) is 34.8 Å². The molecule has 0 N–H and O–H groups in total. The van der Waals surface area contributed by atoms with Gasteiger partial charge in [0.05, 0.1) is 5.41 Å². The van der Waals surface area contributed by atoms with Gasteiger partial charge in [-0.2, -0.15) is 0 Å². The van der Waals surface area contributed by atoms with Crippen LogP contribution in [0, 0.1) is 5.41 Å². The molecule has 0 amide bonds. The Labute approximate surface area is 117 Å². The SMILES string of the molecule is CCc1ccc(C(=O)C(CCl)(CCl)CCl)cc1. The van der Waals surface area contributed by atoms with Crippen LogP contribution in [0.2, 0.25) is 0 Å². The Hall–Kier alpha value is -0.240. The van der Waals surface area contributed by atoms with Crippen molar-refractivity contribution in [1.82, 2.24) is 0 Å². The molecule has 0 fully saturated rings. The minimum absolute atomic E-state index is 0.0832. The summed E-state index contributed by atoms with van der Waals surface area (Å²) in [7, 11) is 0. The molecular formula is C13H15Cl3O. The predicted molar refractivity (Wildman–Crippen MR) is 74.7 cm³/mol. The van der Waals surface area contributed by atoms with Gasteiger partial charge < -0.3 is 0 Å². The van der Waals surface area contributed by atoms with E-state index in [0.717, 1.165) is 6.42 Å². The lowest BCUT2D eigenvalue weighted by Crippen LogP contribution is -2.37. The Balaban J connectivity index is 3.01. The lowest BCUT2D eigenvalue weighted by Gasteiger charge is -2.25. The van der Waals surface area contributed by atoms with E-state index >= 15 is 0 Å². The molecule has 4 heteroatoms. The van der Waals surface area contributed by atoms with E-state index in [-0.39, 0.29) is 23.4 Å². The van der Waals surface area contributed by atoms with E-state index in [1.54, 1.807) is 0 Å². The summed E-state index contributed by atoms with van der Waals surface area (Å²) in [6.07, 6.45) is 0.945. The summed E-state index contributed by atoms with van der Waals surface area (Å²) < 4.78 is 0. The molecule has 0 spiro atoms. The van der Waals surface area contributed by atoms with E-state index in [9.17, 15) is 4.79 Å². The second-order valence-electron chi connectivity index (χ2n) is 4.06. The van der Waals surface area contributed by atoms with Crippen molar-refractivity contribution >= 4 is 40.6 Å². The minimum Gasteiger partial charge on any atom is -0.293 e. The fraction of sp³-hybridized carbons (Fsp3) is 0.462. The molecule has 0 aliphatic rings. The van der Waals surface area contributed by atoms with Crippen LogP contribution in [0.5, 0.6) is 0 Å². The number of rotatable bonds is 6. The maximum Gasteiger partial charge on any atom is 0.172 e. The highest BCUT2D eigenvalue weighted by Gasteiger charge is 2.36. The maximum absolute atomic E-state index is 12.3. The first-order valence-corrected chi connectivity index (χ1v) is 7.05. The van der Waals surface area contributed by atoms with Crippen molar-refractivity contribution in [3.8, 4) is 0 Å². The fourth-order valence-electron chi connectivity index (χ4n) is 1.49. The summed E-state index contributed by atoms with van der Waals surface area (Å²) in [6, 6.07) is 7.49. The molecule has 0 aromatic heterocycles. The van der Waals surface area contributed by atoms with Crippen LogP contribution in [-0.4, -0.2) is 23.4 Å². The maximum atomic E-state index is 12.3. The molecule has 1 aromatic carbocycles. The van der Waals surface area contributed by atoms with Crippen molar-refractivity contribution < 1.29 is 4.79 Å². The Kier molecular flexibility index (Phi) is 5.78. The number of carbonyl (C=O) groups excluding carboxylic acids is 1. The average Bonchev–Trinajstić information content (AvgIpc) is 2.41. The van der Waals surface area contributed by atoms with Gasteiger partial charge in [0.1, 0.15) is 0 Å². The van der Waals surface area contributed by atoms with Crippen molar-refractivity contribution in [2.45, 2.75) is 13.3 Å². The Morgan fingerprint density at radius 3 is 1.88 bits per heavy atom. The van der Waals surface area contributed by atoms with Crippen LogP contribution in [0.4, 0.5) is 0 Å². The Morgan fingerprint density at radius 2 is 1.53 bits per heavy atom. The van der Waals surface area contributed by atoms with Gasteiger partial charge in [-0.1, -0.05) is 31.2 Å². The number of hydrogen-bond donors (Lipinski definition) is 0. The highest BCUT2D eigenvalue weighted by molar-refractivity contribution is 6.29. The van der Waals surface area contributed by atoms with Crippen molar-refractivity contribution in [2.24, 2.45) is 5.41 Å². The average molecular weight is 294 g/mol. The fourth-order valence-corrected chi connectivity index (χ4v) is 2.71. The molecule has 0 saturated heterocycles. The molecule has 1 aromatic rings. The molecule has 0 aliphatic carbocycles.